The Bertz CT molecular complexity index is 455. The van der Waals surface area contributed by atoms with Crippen molar-refractivity contribution in [2.75, 3.05) is 13.1 Å². The molecule has 1 aromatic rings. The van der Waals surface area contributed by atoms with E-state index in [0.717, 1.165) is 25.3 Å². The summed E-state index contributed by atoms with van der Waals surface area (Å²) in [6.45, 7) is 7.26. The highest BCUT2D eigenvalue weighted by Gasteiger charge is 2.57. The molecule has 1 aliphatic heterocycles. The van der Waals surface area contributed by atoms with E-state index < -0.39 is 5.60 Å². The van der Waals surface area contributed by atoms with Crippen LogP contribution in [0.1, 0.15) is 26.6 Å². The molecule has 0 aromatic carbocycles. The summed E-state index contributed by atoms with van der Waals surface area (Å²) < 4.78 is 5.38. The van der Waals surface area contributed by atoms with Crippen LogP contribution in [0.15, 0.2) is 0 Å². The molecule has 1 saturated heterocycles. The maximum absolute atomic E-state index is 11.9. The second-order valence-corrected chi connectivity index (χ2v) is 6.41. The van der Waals surface area contributed by atoms with Gasteiger partial charge < -0.3 is 9.64 Å². The molecule has 1 amide bonds. The van der Waals surface area contributed by atoms with Gasteiger partial charge in [0.2, 0.25) is 0 Å². The molecule has 1 N–H and O–H groups in total. The van der Waals surface area contributed by atoms with Crippen LogP contribution in [0.3, 0.4) is 0 Å². The molecule has 1 aliphatic carbocycles. The van der Waals surface area contributed by atoms with Crippen molar-refractivity contribution >= 4 is 6.09 Å². The highest BCUT2D eigenvalue weighted by Crippen LogP contribution is 2.53. The van der Waals surface area contributed by atoms with Crippen molar-refractivity contribution in [1.29, 1.82) is 0 Å². The highest BCUT2D eigenvalue weighted by atomic mass is 16.6. The Labute approximate surface area is 111 Å². The third-order valence-electron chi connectivity index (χ3n) is 3.83. The summed E-state index contributed by atoms with van der Waals surface area (Å²) in [5.74, 6) is 2.51. The van der Waals surface area contributed by atoms with Gasteiger partial charge in [-0.2, -0.15) is 5.21 Å². The first-order valence-electron chi connectivity index (χ1n) is 6.64. The van der Waals surface area contributed by atoms with Crippen LogP contribution < -0.4 is 0 Å². The molecule has 0 radical (unpaired) electrons. The van der Waals surface area contributed by atoms with Crippen molar-refractivity contribution in [3.63, 3.8) is 0 Å². The van der Waals surface area contributed by atoms with Gasteiger partial charge in [0.05, 0.1) is 0 Å². The number of carbonyl (C=O) groups is 1. The van der Waals surface area contributed by atoms with Crippen molar-refractivity contribution in [2.45, 2.75) is 32.8 Å². The molecule has 7 nitrogen and oxygen atoms in total. The van der Waals surface area contributed by atoms with Crippen molar-refractivity contribution in [3.8, 4) is 0 Å². The first-order chi connectivity index (χ1) is 8.94. The van der Waals surface area contributed by atoms with E-state index in [-0.39, 0.29) is 6.09 Å². The molecule has 0 bridgehead atoms. The van der Waals surface area contributed by atoms with Gasteiger partial charge in [-0.25, -0.2) is 4.79 Å². The molecule has 104 valence electrons. The Hall–Kier alpha value is -1.66. The smallest absolute Gasteiger partial charge is 0.410 e. The Morgan fingerprint density at radius 1 is 1.42 bits per heavy atom. The van der Waals surface area contributed by atoms with E-state index in [1.807, 2.05) is 25.7 Å². The number of ether oxygens (including phenoxy) is 1. The number of tetrazole rings is 1. The van der Waals surface area contributed by atoms with E-state index in [1.54, 1.807) is 0 Å². The molecule has 3 rings (SSSR count). The van der Waals surface area contributed by atoms with Crippen LogP contribution in [-0.4, -0.2) is 50.3 Å². The third-order valence-corrected chi connectivity index (χ3v) is 3.83. The van der Waals surface area contributed by atoms with Crippen molar-refractivity contribution in [1.82, 2.24) is 25.5 Å². The molecule has 2 aliphatic rings. The summed E-state index contributed by atoms with van der Waals surface area (Å²) in [5.41, 5.74) is -0.423. The maximum Gasteiger partial charge on any atom is 0.410 e. The molecule has 19 heavy (non-hydrogen) atoms. The fourth-order valence-corrected chi connectivity index (χ4v) is 2.91. The molecular formula is C12H19N5O2. The predicted molar refractivity (Wildman–Crippen MR) is 66.2 cm³/mol. The predicted octanol–water partition coefficient (Wildman–Crippen LogP) is 0.855. The summed E-state index contributed by atoms with van der Waals surface area (Å²) in [5, 5.41) is 14.0. The van der Waals surface area contributed by atoms with Gasteiger partial charge in [-0.3, -0.25) is 0 Å². The molecule has 0 spiro atoms. The number of amides is 1. The lowest BCUT2D eigenvalue weighted by atomic mass is 10.2. The van der Waals surface area contributed by atoms with Gasteiger partial charge in [0, 0.05) is 19.5 Å². The van der Waals surface area contributed by atoms with E-state index >= 15 is 0 Å². The highest BCUT2D eigenvalue weighted by molar-refractivity contribution is 5.69. The number of fused-ring (bicyclic) bond motifs is 1. The Kier molecular flexibility index (Phi) is 2.72. The Balaban J connectivity index is 1.49. The summed E-state index contributed by atoms with van der Waals surface area (Å²) in [6.07, 6.45) is 0.659. The Morgan fingerprint density at radius 3 is 2.63 bits per heavy atom. The van der Waals surface area contributed by atoms with Crippen molar-refractivity contribution < 1.29 is 9.53 Å². The number of likely N-dealkylation sites (tertiary alicyclic amines) is 1. The van der Waals surface area contributed by atoms with Gasteiger partial charge in [0.1, 0.15) is 5.60 Å². The van der Waals surface area contributed by atoms with Crippen LogP contribution in [0.5, 0.6) is 0 Å². The summed E-state index contributed by atoms with van der Waals surface area (Å²) in [6, 6.07) is 0. The number of nitrogens with one attached hydrogen (secondary N) is 1. The number of rotatable bonds is 2. The van der Waals surface area contributed by atoms with Gasteiger partial charge in [0.15, 0.2) is 5.82 Å². The first-order valence-corrected chi connectivity index (χ1v) is 6.64. The molecule has 3 atom stereocenters. The molecular weight excluding hydrogens is 246 g/mol. The average Bonchev–Trinajstić information content (AvgIpc) is 2.75. The van der Waals surface area contributed by atoms with Crippen molar-refractivity contribution in [3.05, 3.63) is 5.82 Å². The number of hydrogen-bond donors (Lipinski definition) is 1. The fourth-order valence-electron chi connectivity index (χ4n) is 2.91. The maximum atomic E-state index is 11.9. The second-order valence-electron chi connectivity index (χ2n) is 6.41. The zero-order valence-electron chi connectivity index (χ0n) is 11.5. The van der Waals surface area contributed by atoms with Crippen LogP contribution >= 0.6 is 0 Å². The normalized spacial score (nSPS) is 29.2. The lowest BCUT2D eigenvalue weighted by Crippen LogP contribution is -2.37. The fraction of sp³-hybridized carbons (Fsp3) is 0.833. The van der Waals surface area contributed by atoms with E-state index in [1.165, 1.54) is 0 Å². The minimum Gasteiger partial charge on any atom is -0.444 e. The van der Waals surface area contributed by atoms with Gasteiger partial charge in [-0.05, 0) is 38.5 Å². The first kappa shape index (κ1) is 12.4. The molecule has 2 fully saturated rings. The number of nitrogens with zero attached hydrogens (tertiary/aromatic N) is 4. The third kappa shape index (κ3) is 2.54. The number of aromatic nitrogens is 4. The van der Waals surface area contributed by atoms with E-state index in [0.29, 0.717) is 17.8 Å². The molecule has 1 aromatic heterocycles. The van der Waals surface area contributed by atoms with E-state index in [9.17, 15) is 4.79 Å². The molecule has 7 heteroatoms. The molecule has 1 unspecified atom stereocenters. The summed E-state index contributed by atoms with van der Waals surface area (Å²) in [7, 11) is 0. The van der Waals surface area contributed by atoms with Crippen molar-refractivity contribution in [2.24, 2.45) is 17.8 Å². The molecule has 1 saturated carbocycles. The van der Waals surface area contributed by atoms with Gasteiger partial charge in [-0.15, -0.1) is 10.2 Å². The van der Waals surface area contributed by atoms with Crippen LogP contribution in [-0.2, 0) is 11.2 Å². The summed E-state index contributed by atoms with van der Waals surface area (Å²) >= 11 is 0. The second kappa shape index (κ2) is 4.18. The van der Waals surface area contributed by atoms with Gasteiger partial charge in [0.25, 0.3) is 0 Å². The number of piperidine rings is 1. The monoisotopic (exact) mass is 265 g/mol. The lowest BCUT2D eigenvalue weighted by molar-refractivity contribution is 0.0265. The Morgan fingerprint density at radius 2 is 2.11 bits per heavy atom. The van der Waals surface area contributed by atoms with Crippen LogP contribution in [0.2, 0.25) is 0 Å². The van der Waals surface area contributed by atoms with Gasteiger partial charge >= 0.3 is 6.09 Å². The molecule has 2 heterocycles. The van der Waals surface area contributed by atoms with E-state index in [2.05, 4.69) is 20.6 Å². The number of carbonyl (C=O) groups excluding carboxylic acids is 1. The van der Waals surface area contributed by atoms with E-state index in [4.69, 9.17) is 4.74 Å². The topological polar surface area (TPSA) is 84.0 Å². The number of hydrogen-bond acceptors (Lipinski definition) is 5. The lowest BCUT2D eigenvalue weighted by Gasteiger charge is -2.25. The zero-order chi connectivity index (χ0) is 13.6. The largest absolute Gasteiger partial charge is 0.444 e. The SMILES string of the molecule is CC(C)(C)OC(=O)N1C[C@@H]2C(Cc3nn[nH]n3)[C@@H]2C1. The number of aromatic amines is 1. The average molecular weight is 265 g/mol. The number of H-pyrrole nitrogens is 1. The van der Waals surface area contributed by atoms with Gasteiger partial charge in [-0.1, -0.05) is 5.21 Å². The van der Waals surface area contributed by atoms with Crippen LogP contribution in [0.25, 0.3) is 0 Å². The van der Waals surface area contributed by atoms with Crippen LogP contribution in [0, 0.1) is 17.8 Å². The minimum atomic E-state index is -0.423. The summed E-state index contributed by atoms with van der Waals surface area (Å²) in [4.78, 5) is 13.7. The standard InChI is InChI=1S/C12H19N5O2/c1-12(2,3)19-11(18)17-5-8-7(9(8)6-17)4-10-13-15-16-14-10/h7-9H,4-6H2,1-3H3,(H,13,14,15,16)/t7?,8-,9+. The van der Waals surface area contributed by atoms with Crippen LogP contribution in [0.4, 0.5) is 4.79 Å². The minimum absolute atomic E-state index is 0.196. The zero-order valence-corrected chi connectivity index (χ0v) is 11.5. The quantitative estimate of drug-likeness (QED) is 0.857.